The molecule has 0 spiro atoms. The van der Waals surface area contributed by atoms with E-state index in [9.17, 15) is 18.0 Å². The van der Waals surface area contributed by atoms with Gasteiger partial charge in [-0.3, -0.25) is 0 Å². The number of ether oxygens (including phenoxy) is 2. The minimum Gasteiger partial charge on any atom is -0.497 e. The first kappa shape index (κ1) is 16.9. The number of esters is 1. The molecule has 0 bridgehead atoms. The standard InChI is InChI=1S/C18H14F3NO3/c1-24-12-6-3-10(4-7-12)15-13-8-5-11(18(19,20)21)9-14(13)22-16(15)17(23)25-2/h3-9,22H,1-2H3. The molecule has 0 amide bonds. The van der Waals surface area contributed by atoms with E-state index in [-0.39, 0.29) is 11.2 Å². The van der Waals surface area contributed by atoms with Gasteiger partial charge >= 0.3 is 12.1 Å². The summed E-state index contributed by atoms with van der Waals surface area (Å²) in [5, 5.41) is 0.499. The van der Waals surface area contributed by atoms with Crippen LogP contribution in [0.2, 0.25) is 0 Å². The van der Waals surface area contributed by atoms with Gasteiger partial charge in [-0.2, -0.15) is 13.2 Å². The van der Waals surface area contributed by atoms with Gasteiger partial charge < -0.3 is 14.5 Å². The molecular formula is C18H14F3NO3. The average Bonchev–Trinajstić information content (AvgIpc) is 2.99. The number of carbonyl (C=O) groups is 1. The lowest BCUT2D eigenvalue weighted by Crippen LogP contribution is -2.04. The summed E-state index contributed by atoms with van der Waals surface area (Å²) in [7, 11) is 2.74. The minimum atomic E-state index is -4.47. The molecular weight excluding hydrogens is 335 g/mol. The Hall–Kier alpha value is -2.96. The maximum absolute atomic E-state index is 12.9. The fourth-order valence-corrected chi connectivity index (χ4v) is 2.69. The number of fused-ring (bicyclic) bond motifs is 1. The van der Waals surface area contributed by atoms with Crippen molar-refractivity contribution in [1.82, 2.24) is 4.98 Å². The number of aromatic nitrogens is 1. The van der Waals surface area contributed by atoms with Crippen molar-refractivity contribution in [2.75, 3.05) is 14.2 Å². The van der Waals surface area contributed by atoms with Crippen molar-refractivity contribution in [3.63, 3.8) is 0 Å². The van der Waals surface area contributed by atoms with Crippen LogP contribution in [0.5, 0.6) is 5.75 Å². The van der Waals surface area contributed by atoms with E-state index in [4.69, 9.17) is 9.47 Å². The van der Waals surface area contributed by atoms with Crippen LogP contribution in [0.25, 0.3) is 22.0 Å². The molecule has 0 saturated carbocycles. The molecule has 1 N–H and O–H groups in total. The summed E-state index contributed by atoms with van der Waals surface area (Å²) in [4.78, 5) is 14.8. The molecule has 1 heterocycles. The SMILES string of the molecule is COC(=O)c1[nH]c2cc(C(F)(F)F)ccc2c1-c1ccc(OC)cc1. The second-order valence-electron chi connectivity index (χ2n) is 5.35. The summed E-state index contributed by atoms with van der Waals surface area (Å²) in [6.45, 7) is 0. The van der Waals surface area contributed by atoms with Crippen molar-refractivity contribution in [1.29, 1.82) is 0 Å². The zero-order valence-corrected chi connectivity index (χ0v) is 13.4. The van der Waals surface area contributed by atoms with Gasteiger partial charge in [0.05, 0.1) is 19.8 Å². The lowest BCUT2D eigenvalue weighted by Gasteiger charge is -2.07. The van der Waals surface area contributed by atoms with Crippen molar-refractivity contribution in [2.45, 2.75) is 6.18 Å². The molecule has 4 nitrogen and oxygen atoms in total. The maximum Gasteiger partial charge on any atom is 0.416 e. The molecule has 0 atom stereocenters. The zero-order chi connectivity index (χ0) is 18.2. The number of H-pyrrole nitrogens is 1. The first-order chi connectivity index (χ1) is 11.8. The number of rotatable bonds is 3. The van der Waals surface area contributed by atoms with Crippen LogP contribution in [0.3, 0.4) is 0 Å². The predicted molar refractivity (Wildman–Crippen MR) is 86.6 cm³/mol. The molecule has 0 unspecified atom stereocenters. The Balaban J connectivity index is 2.25. The van der Waals surface area contributed by atoms with Crippen molar-refractivity contribution < 1.29 is 27.4 Å². The number of aromatic amines is 1. The van der Waals surface area contributed by atoms with Crippen LogP contribution < -0.4 is 4.74 Å². The highest BCUT2D eigenvalue weighted by Gasteiger charge is 2.31. The third-order valence-electron chi connectivity index (χ3n) is 3.89. The average molecular weight is 349 g/mol. The van der Waals surface area contributed by atoms with Crippen molar-refractivity contribution >= 4 is 16.9 Å². The number of hydrogen-bond acceptors (Lipinski definition) is 3. The molecule has 2 aromatic carbocycles. The smallest absolute Gasteiger partial charge is 0.416 e. The molecule has 3 aromatic rings. The molecule has 130 valence electrons. The summed E-state index contributed by atoms with van der Waals surface area (Å²) >= 11 is 0. The van der Waals surface area contributed by atoms with Crippen LogP contribution in [-0.4, -0.2) is 25.2 Å². The highest BCUT2D eigenvalue weighted by molar-refractivity contribution is 6.08. The van der Waals surface area contributed by atoms with Crippen LogP contribution in [-0.2, 0) is 10.9 Å². The van der Waals surface area contributed by atoms with Gasteiger partial charge in [-0.05, 0) is 29.8 Å². The number of hydrogen-bond donors (Lipinski definition) is 1. The van der Waals surface area contributed by atoms with Gasteiger partial charge in [-0.1, -0.05) is 18.2 Å². The van der Waals surface area contributed by atoms with E-state index in [0.717, 1.165) is 12.1 Å². The number of halogens is 3. The Kier molecular flexibility index (Phi) is 4.16. The second kappa shape index (κ2) is 6.16. The van der Waals surface area contributed by atoms with E-state index in [0.29, 0.717) is 22.3 Å². The number of methoxy groups -OCH3 is 2. The third-order valence-corrected chi connectivity index (χ3v) is 3.89. The second-order valence-corrected chi connectivity index (χ2v) is 5.35. The summed E-state index contributed by atoms with van der Waals surface area (Å²) < 4.78 is 48.7. The van der Waals surface area contributed by atoms with Gasteiger partial charge in [0.2, 0.25) is 0 Å². The lowest BCUT2D eigenvalue weighted by molar-refractivity contribution is -0.137. The van der Waals surface area contributed by atoms with Gasteiger partial charge in [0.1, 0.15) is 11.4 Å². The fraction of sp³-hybridized carbons (Fsp3) is 0.167. The van der Waals surface area contributed by atoms with Crippen molar-refractivity contribution in [2.24, 2.45) is 0 Å². The molecule has 0 radical (unpaired) electrons. The van der Waals surface area contributed by atoms with Crippen LogP contribution in [0.4, 0.5) is 13.2 Å². The van der Waals surface area contributed by atoms with E-state index in [1.165, 1.54) is 20.3 Å². The van der Waals surface area contributed by atoms with Crippen LogP contribution >= 0.6 is 0 Å². The highest BCUT2D eigenvalue weighted by atomic mass is 19.4. The van der Waals surface area contributed by atoms with Crippen molar-refractivity contribution in [3.05, 3.63) is 53.7 Å². The number of alkyl halides is 3. The summed E-state index contributed by atoms with van der Waals surface area (Å²) in [6, 6.07) is 10.2. The molecule has 0 fully saturated rings. The Morgan fingerprint density at radius 1 is 1.04 bits per heavy atom. The Morgan fingerprint density at radius 3 is 2.28 bits per heavy atom. The van der Waals surface area contributed by atoms with Gasteiger partial charge in [-0.25, -0.2) is 4.79 Å². The summed E-state index contributed by atoms with van der Waals surface area (Å²) in [5.41, 5.74) is 0.660. The zero-order valence-electron chi connectivity index (χ0n) is 13.4. The number of benzene rings is 2. The van der Waals surface area contributed by atoms with Gasteiger partial charge in [0.15, 0.2) is 0 Å². The van der Waals surface area contributed by atoms with Crippen LogP contribution in [0.1, 0.15) is 16.1 Å². The summed E-state index contributed by atoms with van der Waals surface area (Å²) in [6.07, 6.45) is -4.47. The van der Waals surface area contributed by atoms with E-state index in [1.54, 1.807) is 24.3 Å². The molecule has 0 aliphatic carbocycles. The Labute approximate surface area is 141 Å². The predicted octanol–water partition coefficient (Wildman–Crippen LogP) is 4.65. The topological polar surface area (TPSA) is 51.3 Å². The molecule has 1 aromatic heterocycles. The Bertz CT molecular complexity index is 927. The van der Waals surface area contributed by atoms with Crippen LogP contribution in [0, 0.1) is 0 Å². The molecule has 0 aliphatic rings. The number of nitrogens with one attached hydrogen (secondary N) is 1. The Morgan fingerprint density at radius 2 is 1.72 bits per heavy atom. The molecule has 25 heavy (non-hydrogen) atoms. The van der Waals surface area contributed by atoms with Crippen molar-refractivity contribution in [3.8, 4) is 16.9 Å². The highest BCUT2D eigenvalue weighted by Crippen LogP contribution is 2.37. The first-order valence-electron chi connectivity index (χ1n) is 7.31. The lowest BCUT2D eigenvalue weighted by atomic mass is 10.0. The molecule has 0 aliphatic heterocycles. The first-order valence-corrected chi connectivity index (χ1v) is 7.31. The van der Waals surface area contributed by atoms with Crippen LogP contribution in [0.15, 0.2) is 42.5 Å². The molecule has 3 rings (SSSR count). The number of carbonyl (C=O) groups excluding carboxylic acids is 1. The quantitative estimate of drug-likeness (QED) is 0.701. The molecule has 7 heteroatoms. The third kappa shape index (κ3) is 3.05. The van der Waals surface area contributed by atoms with E-state index in [2.05, 4.69) is 4.98 Å². The molecule has 0 saturated heterocycles. The van der Waals surface area contributed by atoms with E-state index < -0.39 is 17.7 Å². The van der Waals surface area contributed by atoms with Gasteiger partial charge in [0, 0.05) is 16.5 Å². The van der Waals surface area contributed by atoms with E-state index >= 15 is 0 Å². The maximum atomic E-state index is 12.9. The monoisotopic (exact) mass is 349 g/mol. The van der Waals surface area contributed by atoms with Gasteiger partial charge in [-0.15, -0.1) is 0 Å². The normalized spacial score (nSPS) is 11.6. The van der Waals surface area contributed by atoms with E-state index in [1.807, 2.05) is 0 Å². The fourth-order valence-electron chi connectivity index (χ4n) is 2.69. The minimum absolute atomic E-state index is 0.0991. The summed E-state index contributed by atoms with van der Waals surface area (Å²) in [5.74, 6) is -0.0295. The largest absolute Gasteiger partial charge is 0.497 e. The van der Waals surface area contributed by atoms with Gasteiger partial charge in [0.25, 0.3) is 0 Å².